The van der Waals surface area contributed by atoms with Gasteiger partial charge in [-0.25, -0.2) is 9.78 Å². The van der Waals surface area contributed by atoms with Crippen molar-refractivity contribution < 1.29 is 14.3 Å². The number of carbonyl (C=O) groups excluding carboxylic acids is 2. The van der Waals surface area contributed by atoms with Gasteiger partial charge in [-0.1, -0.05) is 35.3 Å². The maximum Gasteiger partial charge on any atom is 0.410 e. The molecule has 4 aromatic rings. The standard InChI is InChI=1S/C31H31Cl2N7O3/c1-31(2,3)43-30(42)38(4)17-20-15-21(9-10-22(20)19-11-13-34-14-12-19)36-29-35-16-23-27(37-29)39(5)18-40(28(23)41)26-24(32)7-6-8-25(26)33/h6-16H,17-18H2,1-5H3,(H,35,36,37). The summed E-state index contributed by atoms with van der Waals surface area (Å²) in [5.41, 5.74) is 3.64. The molecule has 3 heterocycles. The number of amides is 2. The second-order valence-corrected chi connectivity index (χ2v) is 12.0. The maximum absolute atomic E-state index is 13.4. The van der Waals surface area contributed by atoms with Crippen molar-refractivity contribution in [2.24, 2.45) is 0 Å². The number of aromatic nitrogens is 3. The number of halogens is 2. The van der Waals surface area contributed by atoms with E-state index in [1.807, 2.05) is 63.1 Å². The fourth-order valence-corrected chi connectivity index (χ4v) is 5.29. The Morgan fingerprint density at radius 3 is 2.44 bits per heavy atom. The molecule has 1 aliphatic rings. The van der Waals surface area contributed by atoms with Gasteiger partial charge in [0, 0.05) is 44.9 Å². The molecule has 0 fully saturated rings. The van der Waals surface area contributed by atoms with Crippen LogP contribution in [0.2, 0.25) is 10.0 Å². The highest BCUT2D eigenvalue weighted by Crippen LogP contribution is 2.38. The number of anilines is 4. The van der Waals surface area contributed by atoms with Crippen LogP contribution in [0.25, 0.3) is 11.1 Å². The highest BCUT2D eigenvalue weighted by Gasteiger charge is 2.32. The largest absolute Gasteiger partial charge is 0.444 e. The molecule has 0 atom stereocenters. The number of nitrogens with one attached hydrogen (secondary N) is 1. The number of hydrogen-bond donors (Lipinski definition) is 1. The van der Waals surface area contributed by atoms with Crippen molar-refractivity contribution in [3.8, 4) is 11.1 Å². The smallest absolute Gasteiger partial charge is 0.410 e. The van der Waals surface area contributed by atoms with Gasteiger partial charge in [-0.05, 0) is 73.9 Å². The van der Waals surface area contributed by atoms with Crippen LogP contribution < -0.4 is 15.1 Å². The lowest BCUT2D eigenvalue weighted by Crippen LogP contribution is -2.46. The van der Waals surface area contributed by atoms with Crippen LogP contribution in [0, 0.1) is 0 Å². The molecule has 0 saturated carbocycles. The van der Waals surface area contributed by atoms with E-state index in [2.05, 4.69) is 20.3 Å². The molecule has 12 heteroatoms. The monoisotopic (exact) mass is 619 g/mol. The van der Waals surface area contributed by atoms with Crippen molar-refractivity contribution in [2.75, 3.05) is 35.9 Å². The molecule has 1 N–H and O–H groups in total. The summed E-state index contributed by atoms with van der Waals surface area (Å²) in [5, 5.41) is 4.00. The second kappa shape index (κ2) is 12.1. The first-order valence-electron chi connectivity index (χ1n) is 13.5. The van der Waals surface area contributed by atoms with E-state index in [0.29, 0.717) is 45.3 Å². The Kier molecular flexibility index (Phi) is 8.43. The Morgan fingerprint density at radius 2 is 1.77 bits per heavy atom. The van der Waals surface area contributed by atoms with E-state index in [1.54, 1.807) is 37.6 Å². The zero-order chi connectivity index (χ0) is 30.9. The van der Waals surface area contributed by atoms with Gasteiger partial charge in [0.05, 0.1) is 22.4 Å². The molecule has 2 amide bonds. The Hall–Kier alpha value is -4.41. The summed E-state index contributed by atoms with van der Waals surface area (Å²) in [6.45, 7) is 5.99. The first-order valence-corrected chi connectivity index (χ1v) is 14.3. The molecule has 43 heavy (non-hydrogen) atoms. The van der Waals surface area contributed by atoms with E-state index in [-0.39, 0.29) is 12.6 Å². The van der Waals surface area contributed by atoms with Gasteiger partial charge in [-0.15, -0.1) is 0 Å². The number of hydrogen-bond acceptors (Lipinski definition) is 8. The van der Waals surface area contributed by atoms with E-state index in [0.717, 1.165) is 16.7 Å². The minimum atomic E-state index is -0.613. The van der Waals surface area contributed by atoms with Crippen LogP contribution in [0.4, 0.5) is 27.9 Å². The van der Waals surface area contributed by atoms with Gasteiger partial charge >= 0.3 is 6.09 Å². The molecule has 0 radical (unpaired) electrons. The van der Waals surface area contributed by atoms with Crippen LogP contribution in [0.5, 0.6) is 0 Å². The number of fused-ring (bicyclic) bond motifs is 1. The molecule has 0 bridgehead atoms. The van der Waals surface area contributed by atoms with Gasteiger partial charge in [0.25, 0.3) is 5.91 Å². The average molecular weight is 621 g/mol. The third-order valence-corrected chi connectivity index (χ3v) is 7.24. The zero-order valence-electron chi connectivity index (χ0n) is 24.4. The van der Waals surface area contributed by atoms with Gasteiger partial charge in [-0.3, -0.25) is 14.7 Å². The summed E-state index contributed by atoms with van der Waals surface area (Å²) in [6, 6.07) is 14.8. The first kappa shape index (κ1) is 30.1. The lowest BCUT2D eigenvalue weighted by Gasteiger charge is -2.35. The molecule has 2 aromatic carbocycles. The van der Waals surface area contributed by atoms with Crippen LogP contribution in [0.1, 0.15) is 36.7 Å². The number of rotatable bonds is 6. The summed E-state index contributed by atoms with van der Waals surface area (Å²) in [5.74, 6) is 0.481. The third-order valence-electron chi connectivity index (χ3n) is 6.63. The van der Waals surface area contributed by atoms with Gasteiger partial charge in [-0.2, -0.15) is 4.98 Å². The van der Waals surface area contributed by atoms with E-state index < -0.39 is 11.7 Å². The average Bonchev–Trinajstić information content (AvgIpc) is 2.95. The molecule has 10 nitrogen and oxygen atoms in total. The molecular formula is C31H31Cl2N7O3. The molecule has 0 spiro atoms. The number of benzene rings is 2. The van der Waals surface area contributed by atoms with Crippen molar-refractivity contribution in [3.05, 3.63) is 88.3 Å². The molecule has 1 aliphatic heterocycles. The van der Waals surface area contributed by atoms with Crippen molar-refractivity contribution in [2.45, 2.75) is 32.9 Å². The van der Waals surface area contributed by atoms with Crippen molar-refractivity contribution in [1.29, 1.82) is 0 Å². The lowest BCUT2D eigenvalue weighted by molar-refractivity contribution is 0.0285. The van der Waals surface area contributed by atoms with Crippen LogP contribution in [-0.4, -0.2) is 58.2 Å². The summed E-state index contributed by atoms with van der Waals surface area (Å²) in [6.07, 6.45) is 4.51. The van der Waals surface area contributed by atoms with E-state index in [9.17, 15) is 9.59 Å². The topological polar surface area (TPSA) is 104 Å². The van der Waals surface area contributed by atoms with Crippen LogP contribution >= 0.6 is 23.2 Å². The quantitative estimate of drug-likeness (QED) is 0.246. The van der Waals surface area contributed by atoms with E-state index in [4.69, 9.17) is 27.9 Å². The fraction of sp³-hybridized carbons (Fsp3) is 0.258. The van der Waals surface area contributed by atoms with Crippen molar-refractivity contribution >= 4 is 58.3 Å². The normalized spacial score (nSPS) is 13.0. The predicted molar refractivity (Wildman–Crippen MR) is 169 cm³/mol. The molecule has 0 unspecified atom stereocenters. The Morgan fingerprint density at radius 1 is 1.07 bits per heavy atom. The second-order valence-electron chi connectivity index (χ2n) is 11.1. The predicted octanol–water partition coefficient (Wildman–Crippen LogP) is 7.01. The third kappa shape index (κ3) is 6.65. The lowest BCUT2D eigenvalue weighted by atomic mass is 9.99. The van der Waals surface area contributed by atoms with E-state index in [1.165, 1.54) is 16.0 Å². The fourth-order valence-electron chi connectivity index (χ4n) is 4.69. The minimum Gasteiger partial charge on any atom is -0.444 e. The van der Waals surface area contributed by atoms with Crippen molar-refractivity contribution in [3.63, 3.8) is 0 Å². The number of pyridine rings is 1. The Bertz CT molecular complexity index is 1660. The summed E-state index contributed by atoms with van der Waals surface area (Å²) < 4.78 is 5.55. The minimum absolute atomic E-state index is 0.202. The van der Waals surface area contributed by atoms with Crippen LogP contribution in [0.3, 0.4) is 0 Å². The Balaban J connectivity index is 1.43. The summed E-state index contributed by atoms with van der Waals surface area (Å²) in [7, 11) is 3.52. The highest BCUT2D eigenvalue weighted by molar-refractivity contribution is 6.40. The maximum atomic E-state index is 13.4. The summed E-state index contributed by atoms with van der Waals surface area (Å²) in [4.78, 5) is 44.2. The van der Waals surface area contributed by atoms with Crippen LogP contribution in [-0.2, 0) is 11.3 Å². The van der Waals surface area contributed by atoms with E-state index >= 15 is 0 Å². The number of nitrogens with zero attached hydrogens (tertiary/aromatic N) is 6. The molecular weight excluding hydrogens is 589 g/mol. The number of para-hydroxylation sites is 1. The SMILES string of the molecule is CN(Cc1cc(Nc2ncc3c(n2)N(C)CN(c2c(Cl)cccc2Cl)C3=O)ccc1-c1ccncc1)C(=O)OC(C)(C)C. The van der Waals surface area contributed by atoms with Gasteiger partial charge in [0.1, 0.15) is 17.0 Å². The van der Waals surface area contributed by atoms with Gasteiger partial charge < -0.3 is 19.9 Å². The molecule has 0 aliphatic carbocycles. The Labute approximate surface area is 260 Å². The summed E-state index contributed by atoms with van der Waals surface area (Å²) >= 11 is 12.8. The highest BCUT2D eigenvalue weighted by atomic mass is 35.5. The van der Waals surface area contributed by atoms with Crippen LogP contribution in [0.15, 0.2) is 67.1 Å². The number of carbonyl (C=O) groups is 2. The van der Waals surface area contributed by atoms with Gasteiger partial charge in [0.2, 0.25) is 5.95 Å². The molecule has 0 saturated heterocycles. The number of ether oxygens (including phenoxy) is 1. The molecule has 2 aromatic heterocycles. The van der Waals surface area contributed by atoms with Crippen molar-refractivity contribution in [1.82, 2.24) is 19.9 Å². The first-order chi connectivity index (χ1) is 20.4. The zero-order valence-corrected chi connectivity index (χ0v) is 25.9. The molecule has 5 rings (SSSR count). The van der Waals surface area contributed by atoms with Gasteiger partial charge in [0.15, 0.2) is 0 Å². The molecule has 222 valence electrons.